The first kappa shape index (κ1) is 20.8. The summed E-state index contributed by atoms with van der Waals surface area (Å²) in [4.78, 5) is 2.57. The van der Waals surface area contributed by atoms with E-state index in [0.717, 1.165) is 37.1 Å². The third-order valence-electron chi connectivity index (χ3n) is 5.84. The molecule has 1 heterocycles. The van der Waals surface area contributed by atoms with Gasteiger partial charge in [0.15, 0.2) is 0 Å². The Labute approximate surface area is 178 Å². The minimum absolute atomic E-state index is 0.0239. The zero-order chi connectivity index (χ0) is 21.1. The molecule has 0 aliphatic carbocycles. The highest BCUT2D eigenvalue weighted by atomic mass is 32.2. The monoisotopic (exact) mass is 424 g/mol. The maximum absolute atomic E-state index is 13.2. The van der Waals surface area contributed by atoms with Gasteiger partial charge in [-0.05, 0) is 66.9 Å². The fourth-order valence-corrected chi connectivity index (χ4v) is 5.58. The molecule has 0 spiro atoms. The van der Waals surface area contributed by atoms with Crippen LogP contribution < -0.4 is 9.46 Å². The summed E-state index contributed by atoms with van der Waals surface area (Å²) in [7, 11) is -2.22. The van der Waals surface area contributed by atoms with E-state index in [2.05, 4.69) is 40.0 Å². The van der Waals surface area contributed by atoms with Gasteiger partial charge in [0, 0.05) is 12.6 Å². The van der Waals surface area contributed by atoms with Crippen LogP contribution in [0.25, 0.3) is 10.8 Å². The second kappa shape index (κ2) is 8.76. The number of aryl methyl sites for hydroxylation is 1. The predicted molar refractivity (Wildman–Crippen MR) is 120 cm³/mol. The molecule has 1 aliphatic heterocycles. The Balaban J connectivity index is 1.68. The normalized spacial score (nSPS) is 16.1. The van der Waals surface area contributed by atoms with Gasteiger partial charge in [-0.25, -0.2) is 13.1 Å². The van der Waals surface area contributed by atoms with Gasteiger partial charge < -0.3 is 4.74 Å². The number of sulfonamides is 1. The van der Waals surface area contributed by atoms with Gasteiger partial charge in [0.1, 0.15) is 10.6 Å². The van der Waals surface area contributed by atoms with Crippen LogP contribution >= 0.6 is 0 Å². The van der Waals surface area contributed by atoms with Gasteiger partial charge in [-0.1, -0.05) is 48.5 Å². The first-order valence-corrected chi connectivity index (χ1v) is 11.8. The highest BCUT2D eigenvalue weighted by molar-refractivity contribution is 7.89. The number of methoxy groups -OCH3 is 1. The van der Waals surface area contributed by atoms with Gasteiger partial charge in [-0.3, -0.25) is 4.90 Å². The Morgan fingerprint density at radius 2 is 1.77 bits per heavy atom. The summed E-state index contributed by atoms with van der Waals surface area (Å²) >= 11 is 0. The molecule has 1 fully saturated rings. The van der Waals surface area contributed by atoms with Crippen LogP contribution in [0.1, 0.15) is 30.0 Å². The number of hydrogen-bond donors (Lipinski definition) is 1. The Morgan fingerprint density at radius 1 is 1.03 bits per heavy atom. The van der Waals surface area contributed by atoms with Crippen molar-refractivity contribution in [3.8, 4) is 5.75 Å². The van der Waals surface area contributed by atoms with E-state index in [1.54, 1.807) is 12.1 Å². The van der Waals surface area contributed by atoms with Crippen LogP contribution in [0, 0.1) is 6.92 Å². The molecule has 158 valence electrons. The zero-order valence-electron chi connectivity index (χ0n) is 17.5. The van der Waals surface area contributed by atoms with Crippen LogP contribution in [-0.4, -0.2) is 40.1 Å². The topological polar surface area (TPSA) is 58.6 Å². The number of nitrogens with zero attached hydrogens (tertiary/aromatic N) is 1. The molecule has 1 unspecified atom stereocenters. The largest absolute Gasteiger partial charge is 0.495 e. The molecule has 30 heavy (non-hydrogen) atoms. The fourth-order valence-electron chi connectivity index (χ4n) is 4.29. The first-order chi connectivity index (χ1) is 14.5. The zero-order valence-corrected chi connectivity index (χ0v) is 18.3. The van der Waals surface area contributed by atoms with Crippen molar-refractivity contribution in [2.45, 2.75) is 30.7 Å². The minimum atomic E-state index is -3.71. The summed E-state index contributed by atoms with van der Waals surface area (Å²) in [5.41, 5.74) is 2.04. The summed E-state index contributed by atoms with van der Waals surface area (Å²) < 4.78 is 34.5. The Morgan fingerprint density at radius 3 is 2.53 bits per heavy atom. The van der Waals surface area contributed by atoms with Gasteiger partial charge in [-0.15, -0.1) is 0 Å². The molecular weight excluding hydrogens is 396 g/mol. The van der Waals surface area contributed by atoms with E-state index in [0.29, 0.717) is 12.3 Å². The van der Waals surface area contributed by atoms with Crippen LogP contribution in [0.15, 0.2) is 65.6 Å². The molecule has 0 saturated carbocycles. The molecule has 4 rings (SSSR count). The molecule has 0 amide bonds. The summed E-state index contributed by atoms with van der Waals surface area (Å²) in [5, 5.41) is 2.34. The molecule has 1 N–H and O–H groups in total. The first-order valence-electron chi connectivity index (χ1n) is 10.4. The van der Waals surface area contributed by atoms with Crippen LogP contribution in [0.5, 0.6) is 5.75 Å². The second-order valence-electron chi connectivity index (χ2n) is 7.83. The highest BCUT2D eigenvalue weighted by Gasteiger charge is 2.28. The quantitative estimate of drug-likeness (QED) is 0.615. The van der Waals surface area contributed by atoms with Crippen molar-refractivity contribution in [2.75, 3.05) is 26.7 Å². The van der Waals surface area contributed by atoms with Crippen molar-refractivity contribution in [2.24, 2.45) is 0 Å². The van der Waals surface area contributed by atoms with Crippen molar-refractivity contribution in [1.82, 2.24) is 9.62 Å². The van der Waals surface area contributed by atoms with Crippen LogP contribution in [0.4, 0.5) is 0 Å². The third kappa shape index (κ3) is 4.21. The van der Waals surface area contributed by atoms with Crippen LogP contribution in [0.2, 0.25) is 0 Å². The van der Waals surface area contributed by atoms with Gasteiger partial charge >= 0.3 is 0 Å². The molecule has 1 aliphatic rings. The van der Waals surface area contributed by atoms with E-state index < -0.39 is 10.0 Å². The lowest BCUT2D eigenvalue weighted by molar-refractivity contribution is 0.248. The summed E-state index contributed by atoms with van der Waals surface area (Å²) in [6, 6.07) is 19.7. The standard InChI is InChI=1S/C24H28N2O3S/c1-18-12-13-23(29-2)24(16-18)30(27,28)25-17-22(26-14-5-6-15-26)21-11-7-9-19-8-3-4-10-20(19)21/h3-4,7-13,16,22,25H,5-6,14-15,17H2,1-2H3. The molecule has 3 aromatic carbocycles. The third-order valence-corrected chi connectivity index (χ3v) is 7.28. The molecule has 1 saturated heterocycles. The van der Waals surface area contributed by atoms with Crippen molar-refractivity contribution in [3.63, 3.8) is 0 Å². The Bertz CT molecular complexity index is 1130. The summed E-state index contributed by atoms with van der Waals surface area (Å²) in [6.07, 6.45) is 2.28. The average Bonchev–Trinajstić information content (AvgIpc) is 3.28. The Hall–Kier alpha value is -2.41. The Kier molecular flexibility index (Phi) is 6.09. The van der Waals surface area contributed by atoms with E-state index in [-0.39, 0.29) is 10.9 Å². The number of fused-ring (bicyclic) bond motifs is 1. The second-order valence-corrected chi connectivity index (χ2v) is 9.57. The lowest BCUT2D eigenvalue weighted by Gasteiger charge is -2.29. The van der Waals surface area contributed by atoms with E-state index in [9.17, 15) is 8.42 Å². The van der Waals surface area contributed by atoms with Gasteiger partial charge in [0.2, 0.25) is 10.0 Å². The van der Waals surface area contributed by atoms with Crippen molar-refractivity contribution < 1.29 is 13.2 Å². The number of nitrogens with one attached hydrogen (secondary N) is 1. The molecule has 3 aromatic rings. The smallest absolute Gasteiger partial charge is 0.244 e. The van der Waals surface area contributed by atoms with Gasteiger partial charge in [-0.2, -0.15) is 0 Å². The molecule has 6 heteroatoms. The lowest BCUT2D eigenvalue weighted by atomic mass is 9.98. The number of likely N-dealkylation sites (tertiary alicyclic amines) is 1. The lowest BCUT2D eigenvalue weighted by Crippen LogP contribution is -2.37. The molecule has 0 radical (unpaired) electrons. The van der Waals surface area contributed by atoms with Gasteiger partial charge in [0.25, 0.3) is 0 Å². The SMILES string of the molecule is COc1ccc(C)cc1S(=O)(=O)NCC(c1cccc2ccccc12)N1CCCC1. The molecule has 0 aromatic heterocycles. The van der Waals surface area contributed by atoms with Crippen LogP contribution in [-0.2, 0) is 10.0 Å². The van der Waals surface area contributed by atoms with Crippen LogP contribution in [0.3, 0.4) is 0 Å². The maximum Gasteiger partial charge on any atom is 0.244 e. The fraction of sp³-hybridized carbons (Fsp3) is 0.333. The number of ether oxygens (including phenoxy) is 1. The van der Waals surface area contributed by atoms with E-state index in [1.165, 1.54) is 17.9 Å². The number of hydrogen-bond acceptors (Lipinski definition) is 4. The summed E-state index contributed by atoms with van der Waals surface area (Å²) in [6.45, 7) is 4.14. The molecule has 5 nitrogen and oxygen atoms in total. The maximum atomic E-state index is 13.2. The molecular formula is C24H28N2O3S. The number of benzene rings is 3. The van der Waals surface area contributed by atoms with Crippen molar-refractivity contribution >= 4 is 20.8 Å². The molecule has 1 atom stereocenters. The van der Waals surface area contributed by atoms with E-state index >= 15 is 0 Å². The average molecular weight is 425 g/mol. The van der Waals surface area contributed by atoms with Crippen molar-refractivity contribution in [3.05, 3.63) is 71.8 Å². The highest BCUT2D eigenvalue weighted by Crippen LogP contribution is 2.31. The minimum Gasteiger partial charge on any atom is -0.495 e. The predicted octanol–water partition coefficient (Wildman–Crippen LogP) is 4.27. The van der Waals surface area contributed by atoms with E-state index in [1.807, 2.05) is 25.1 Å². The molecule has 0 bridgehead atoms. The van der Waals surface area contributed by atoms with Crippen molar-refractivity contribution in [1.29, 1.82) is 0 Å². The summed E-state index contributed by atoms with van der Waals surface area (Å²) in [5.74, 6) is 0.357. The number of rotatable bonds is 7. The van der Waals surface area contributed by atoms with Gasteiger partial charge in [0.05, 0.1) is 7.11 Å². The van der Waals surface area contributed by atoms with E-state index in [4.69, 9.17) is 4.74 Å².